The molecule has 0 radical (unpaired) electrons. The molecular weight excluding hydrogens is 328 g/mol. The normalized spacial score (nSPS) is 10.2. The summed E-state index contributed by atoms with van der Waals surface area (Å²) in [5.41, 5.74) is 3.58. The van der Waals surface area contributed by atoms with Gasteiger partial charge >= 0.3 is 6.03 Å². The number of hydrogen-bond acceptors (Lipinski definition) is 4. The number of para-hydroxylation sites is 1. The van der Waals surface area contributed by atoms with E-state index >= 15 is 0 Å². The van der Waals surface area contributed by atoms with E-state index in [1.165, 1.54) is 0 Å². The molecule has 132 valence electrons. The Morgan fingerprint density at radius 3 is 2.46 bits per heavy atom. The molecule has 2 N–H and O–H groups in total. The first kappa shape index (κ1) is 17.4. The molecule has 1 aromatic heterocycles. The van der Waals surface area contributed by atoms with Crippen LogP contribution in [0.2, 0.25) is 0 Å². The minimum Gasteiger partial charge on any atom is -0.475 e. The van der Waals surface area contributed by atoms with E-state index in [0.29, 0.717) is 19.0 Å². The van der Waals surface area contributed by atoms with Crippen LogP contribution in [0.15, 0.2) is 66.7 Å². The van der Waals surface area contributed by atoms with Gasteiger partial charge in [-0.15, -0.1) is 10.2 Å². The van der Waals surface area contributed by atoms with E-state index < -0.39 is 0 Å². The fourth-order valence-electron chi connectivity index (χ4n) is 2.36. The summed E-state index contributed by atoms with van der Waals surface area (Å²) >= 11 is 0. The second kappa shape index (κ2) is 8.62. The molecule has 0 aliphatic carbocycles. The van der Waals surface area contributed by atoms with Crippen molar-refractivity contribution in [3.05, 3.63) is 72.3 Å². The lowest BCUT2D eigenvalue weighted by atomic mass is 10.1. The average Bonchev–Trinajstić information content (AvgIpc) is 2.68. The van der Waals surface area contributed by atoms with Crippen LogP contribution >= 0.6 is 0 Å². The van der Waals surface area contributed by atoms with Crippen molar-refractivity contribution in [3.63, 3.8) is 0 Å². The number of nitrogens with one attached hydrogen (secondary N) is 2. The Balaban J connectivity index is 1.42. The highest BCUT2D eigenvalue weighted by Crippen LogP contribution is 2.17. The minimum absolute atomic E-state index is 0.270. The molecule has 0 aliphatic heterocycles. The van der Waals surface area contributed by atoms with Crippen molar-refractivity contribution in [1.82, 2.24) is 15.5 Å². The molecule has 3 rings (SSSR count). The lowest BCUT2D eigenvalue weighted by molar-refractivity contribution is 0.246. The molecule has 0 bridgehead atoms. The molecule has 6 nitrogen and oxygen atoms in total. The molecule has 0 atom stereocenters. The Morgan fingerprint density at radius 2 is 1.73 bits per heavy atom. The van der Waals surface area contributed by atoms with Gasteiger partial charge in [-0.1, -0.05) is 48.5 Å². The summed E-state index contributed by atoms with van der Waals surface area (Å²) in [7, 11) is 0. The molecule has 26 heavy (non-hydrogen) atoms. The van der Waals surface area contributed by atoms with Crippen LogP contribution < -0.4 is 15.4 Å². The molecule has 1 heterocycles. The van der Waals surface area contributed by atoms with Gasteiger partial charge in [-0.05, 0) is 24.6 Å². The fraction of sp³-hybridized carbons (Fsp3) is 0.150. The number of aromatic nitrogens is 2. The van der Waals surface area contributed by atoms with Gasteiger partial charge in [0.1, 0.15) is 6.61 Å². The van der Waals surface area contributed by atoms with Crippen LogP contribution in [0.5, 0.6) is 5.88 Å². The Bertz CT molecular complexity index is 851. The SMILES string of the molecule is Cc1ccccc1NC(=O)NCCOc1ccc(-c2ccccc2)nn1. The van der Waals surface area contributed by atoms with Crippen LogP contribution in [0.25, 0.3) is 11.3 Å². The van der Waals surface area contributed by atoms with E-state index in [4.69, 9.17) is 4.74 Å². The molecule has 2 aromatic carbocycles. The summed E-state index contributed by atoms with van der Waals surface area (Å²) in [5.74, 6) is 0.422. The highest BCUT2D eigenvalue weighted by Gasteiger charge is 2.04. The first-order valence-electron chi connectivity index (χ1n) is 8.35. The van der Waals surface area contributed by atoms with Crippen molar-refractivity contribution in [2.24, 2.45) is 0 Å². The number of urea groups is 1. The lowest BCUT2D eigenvalue weighted by Crippen LogP contribution is -2.32. The monoisotopic (exact) mass is 348 g/mol. The van der Waals surface area contributed by atoms with Gasteiger partial charge < -0.3 is 15.4 Å². The Labute approximate surface area is 152 Å². The summed E-state index contributed by atoms with van der Waals surface area (Å²) in [6.07, 6.45) is 0. The zero-order valence-electron chi connectivity index (χ0n) is 14.5. The van der Waals surface area contributed by atoms with Crippen LogP contribution in [0.3, 0.4) is 0 Å². The van der Waals surface area contributed by atoms with Crippen LogP contribution in [0, 0.1) is 6.92 Å². The quantitative estimate of drug-likeness (QED) is 0.667. The Morgan fingerprint density at radius 1 is 0.962 bits per heavy atom. The van der Waals surface area contributed by atoms with E-state index in [0.717, 1.165) is 22.5 Å². The van der Waals surface area contributed by atoms with Crippen molar-refractivity contribution in [2.75, 3.05) is 18.5 Å². The van der Waals surface area contributed by atoms with Crippen molar-refractivity contribution < 1.29 is 9.53 Å². The number of anilines is 1. The number of aryl methyl sites for hydroxylation is 1. The zero-order valence-corrected chi connectivity index (χ0v) is 14.5. The molecule has 0 saturated heterocycles. The molecule has 0 saturated carbocycles. The smallest absolute Gasteiger partial charge is 0.319 e. The van der Waals surface area contributed by atoms with Crippen LogP contribution in [0.4, 0.5) is 10.5 Å². The first-order valence-corrected chi connectivity index (χ1v) is 8.35. The second-order valence-corrected chi connectivity index (χ2v) is 5.67. The summed E-state index contributed by atoms with van der Waals surface area (Å²) in [4.78, 5) is 11.9. The first-order chi connectivity index (χ1) is 12.7. The Hall–Kier alpha value is -3.41. The number of rotatable bonds is 6. The van der Waals surface area contributed by atoms with E-state index in [1.807, 2.05) is 67.6 Å². The van der Waals surface area contributed by atoms with Crippen molar-refractivity contribution in [3.8, 4) is 17.1 Å². The van der Waals surface area contributed by atoms with Crippen LogP contribution in [-0.4, -0.2) is 29.4 Å². The predicted molar refractivity (Wildman–Crippen MR) is 101 cm³/mol. The summed E-state index contributed by atoms with van der Waals surface area (Å²) in [5, 5.41) is 13.7. The van der Waals surface area contributed by atoms with Crippen LogP contribution in [0.1, 0.15) is 5.56 Å². The fourth-order valence-corrected chi connectivity index (χ4v) is 2.36. The largest absolute Gasteiger partial charge is 0.475 e. The van der Waals surface area contributed by atoms with E-state index in [9.17, 15) is 4.79 Å². The molecule has 0 aliphatic rings. The predicted octanol–water partition coefficient (Wildman–Crippen LogP) is 3.65. The van der Waals surface area contributed by atoms with E-state index in [2.05, 4.69) is 20.8 Å². The minimum atomic E-state index is -0.270. The lowest BCUT2D eigenvalue weighted by Gasteiger charge is -2.10. The highest BCUT2D eigenvalue weighted by atomic mass is 16.5. The molecule has 0 spiro atoms. The summed E-state index contributed by atoms with van der Waals surface area (Å²) in [6, 6.07) is 20.8. The van der Waals surface area contributed by atoms with Gasteiger partial charge in [0.05, 0.1) is 12.2 Å². The third-order valence-corrected chi connectivity index (χ3v) is 3.74. The molecular formula is C20H20N4O2. The van der Waals surface area contributed by atoms with Crippen molar-refractivity contribution >= 4 is 11.7 Å². The molecule has 6 heteroatoms. The van der Waals surface area contributed by atoms with Gasteiger partial charge in [0.2, 0.25) is 5.88 Å². The van der Waals surface area contributed by atoms with Gasteiger partial charge in [-0.2, -0.15) is 0 Å². The number of nitrogens with zero attached hydrogens (tertiary/aromatic N) is 2. The third kappa shape index (κ3) is 4.80. The summed E-state index contributed by atoms with van der Waals surface area (Å²) in [6.45, 7) is 2.61. The molecule has 3 aromatic rings. The van der Waals surface area contributed by atoms with Gasteiger partial charge in [-0.3, -0.25) is 0 Å². The van der Waals surface area contributed by atoms with Crippen molar-refractivity contribution in [1.29, 1.82) is 0 Å². The van der Waals surface area contributed by atoms with Gasteiger partial charge in [0.15, 0.2) is 0 Å². The number of amides is 2. The van der Waals surface area contributed by atoms with Gasteiger partial charge in [0, 0.05) is 17.3 Å². The van der Waals surface area contributed by atoms with E-state index in [1.54, 1.807) is 6.07 Å². The standard InChI is InChI=1S/C20H20N4O2/c1-15-7-5-6-10-17(15)22-20(25)21-13-14-26-19-12-11-18(23-24-19)16-8-3-2-4-9-16/h2-12H,13-14H2,1H3,(H2,21,22,25). The maximum atomic E-state index is 11.9. The molecule has 0 unspecified atom stereocenters. The highest BCUT2D eigenvalue weighted by molar-refractivity contribution is 5.89. The molecule has 0 fully saturated rings. The van der Waals surface area contributed by atoms with Gasteiger partial charge in [0.25, 0.3) is 0 Å². The topological polar surface area (TPSA) is 76.1 Å². The number of ether oxygens (including phenoxy) is 1. The van der Waals surface area contributed by atoms with Gasteiger partial charge in [-0.25, -0.2) is 4.79 Å². The van der Waals surface area contributed by atoms with E-state index in [-0.39, 0.29) is 6.03 Å². The maximum absolute atomic E-state index is 11.9. The number of benzene rings is 2. The maximum Gasteiger partial charge on any atom is 0.319 e. The number of hydrogen-bond donors (Lipinski definition) is 2. The molecule has 2 amide bonds. The van der Waals surface area contributed by atoms with Crippen molar-refractivity contribution in [2.45, 2.75) is 6.92 Å². The summed E-state index contributed by atoms with van der Waals surface area (Å²) < 4.78 is 5.51. The Kier molecular flexibility index (Phi) is 5.77. The zero-order chi connectivity index (χ0) is 18.2. The number of carbonyl (C=O) groups is 1. The number of carbonyl (C=O) groups excluding carboxylic acids is 1. The third-order valence-electron chi connectivity index (χ3n) is 3.74. The average molecular weight is 348 g/mol. The second-order valence-electron chi connectivity index (χ2n) is 5.67. The van der Waals surface area contributed by atoms with Crippen LogP contribution in [-0.2, 0) is 0 Å².